The van der Waals surface area contributed by atoms with Gasteiger partial charge in [-0.3, -0.25) is 0 Å². The summed E-state index contributed by atoms with van der Waals surface area (Å²) in [5.41, 5.74) is 5.67. The second-order valence-electron chi connectivity index (χ2n) is 2.58. The van der Waals surface area contributed by atoms with Crippen LogP contribution in [0.3, 0.4) is 0 Å². The smallest absolute Gasteiger partial charge is 0.127 e. The molecule has 1 aromatic rings. The fraction of sp³-hybridized carbons (Fsp3) is 0.333. The first-order valence-corrected chi connectivity index (χ1v) is 5.11. The molecule has 0 amide bonds. The van der Waals surface area contributed by atoms with Crippen LogP contribution in [0.15, 0.2) is 18.2 Å². The van der Waals surface area contributed by atoms with Gasteiger partial charge in [-0.25, -0.2) is 8.78 Å². The number of halogens is 2. The van der Waals surface area contributed by atoms with Gasteiger partial charge in [0.05, 0.1) is 0 Å². The monoisotopic (exact) mass is 203 g/mol. The lowest BCUT2D eigenvalue weighted by atomic mass is 10.2. The first-order chi connectivity index (χ1) is 6.24. The number of thioether (sulfide) groups is 1. The van der Waals surface area contributed by atoms with Gasteiger partial charge in [0.15, 0.2) is 0 Å². The minimum absolute atomic E-state index is 0.356. The molecule has 0 saturated carbocycles. The fourth-order valence-corrected chi connectivity index (χ4v) is 1.67. The van der Waals surface area contributed by atoms with E-state index >= 15 is 0 Å². The number of benzene rings is 1. The number of rotatable bonds is 4. The summed E-state index contributed by atoms with van der Waals surface area (Å²) < 4.78 is 25.6. The molecular weight excluding hydrogens is 192 g/mol. The van der Waals surface area contributed by atoms with Crippen molar-refractivity contribution in [3.05, 3.63) is 35.4 Å². The topological polar surface area (TPSA) is 26.0 Å². The molecule has 0 aliphatic carbocycles. The van der Waals surface area contributed by atoms with Crippen LogP contribution >= 0.6 is 11.8 Å². The fourth-order valence-electron chi connectivity index (χ4n) is 0.919. The summed E-state index contributed by atoms with van der Waals surface area (Å²) in [6.07, 6.45) is 0. The molecule has 0 radical (unpaired) electrons. The second kappa shape index (κ2) is 5.19. The Kier molecular flexibility index (Phi) is 4.18. The first kappa shape index (κ1) is 10.5. The van der Waals surface area contributed by atoms with Crippen LogP contribution < -0.4 is 5.73 Å². The molecule has 2 N–H and O–H groups in total. The van der Waals surface area contributed by atoms with Crippen molar-refractivity contribution in [1.82, 2.24) is 0 Å². The van der Waals surface area contributed by atoms with Crippen molar-refractivity contribution in [2.75, 3.05) is 12.3 Å². The molecule has 4 heteroatoms. The Morgan fingerprint density at radius 2 is 2.08 bits per heavy atom. The van der Waals surface area contributed by atoms with Gasteiger partial charge in [-0.15, -0.1) is 0 Å². The maximum Gasteiger partial charge on any atom is 0.127 e. The summed E-state index contributed by atoms with van der Waals surface area (Å²) in [5, 5.41) is 0. The van der Waals surface area contributed by atoms with Crippen molar-refractivity contribution < 1.29 is 8.78 Å². The second-order valence-corrected chi connectivity index (χ2v) is 3.68. The van der Waals surface area contributed by atoms with Crippen molar-refractivity contribution in [2.45, 2.75) is 5.75 Å². The molecule has 1 rings (SSSR count). The van der Waals surface area contributed by atoms with Crippen molar-refractivity contribution in [2.24, 2.45) is 5.73 Å². The van der Waals surface area contributed by atoms with Crippen LogP contribution in [0.1, 0.15) is 5.56 Å². The number of hydrogen-bond acceptors (Lipinski definition) is 2. The maximum absolute atomic E-state index is 13.0. The lowest BCUT2D eigenvalue weighted by Crippen LogP contribution is -2.01. The van der Waals surface area contributed by atoms with Crippen LogP contribution in [0.2, 0.25) is 0 Å². The van der Waals surface area contributed by atoms with Crippen molar-refractivity contribution in [3.63, 3.8) is 0 Å². The summed E-state index contributed by atoms with van der Waals surface area (Å²) in [5.74, 6) is 0.479. The predicted octanol–water partition coefficient (Wildman–Crippen LogP) is 2.16. The molecule has 0 aromatic heterocycles. The SMILES string of the molecule is NCCSCc1cc(F)ccc1F. The maximum atomic E-state index is 13.0. The Hall–Kier alpha value is -0.610. The molecule has 0 aliphatic rings. The lowest BCUT2D eigenvalue weighted by molar-refractivity contribution is 0.591. The number of hydrogen-bond donors (Lipinski definition) is 1. The normalized spacial score (nSPS) is 10.4. The van der Waals surface area contributed by atoms with Crippen LogP contribution in [0, 0.1) is 11.6 Å². The quantitative estimate of drug-likeness (QED) is 0.759. The zero-order valence-corrected chi connectivity index (χ0v) is 7.91. The largest absolute Gasteiger partial charge is 0.330 e. The average Bonchev–Trinajstić information content (AvgIpc) is 2.11. The standard InChI is InChI=1S/C9H11F2NS/c10-8-1-2-9(11)7(5-8)6-13-4-3-12/h1-2,5H,3-4,6,12H2. The molecule has 1 nitrogen and oxygen atoms in total. The van der Waals surface area contributed by atoms with E-state index in [9.17, 15) is 8.78 Å². The highest BCUT2D eigenvalue weighted by Gasteiger charge is 2.02. The molecule has 0 spiro atoms. The molecule has 72 valence electrons. The molecule has 0 bridgehead atoms. The summed E-state index contributed by atoms with van der Waals surface area (Å²) in [7, 11) is 0. The van der Waals surface area contributed by atoms with E-state index in [0.717, 1.165) is 17.9 Å². The lowest BCUT2D eigenvalue weighted by Gasteiger charge is -2.02. The summed E-state index contributed by atoms with van der Waals surface area (Å²) >= 11 is 1.50. The number of nitrogens with two attached hydrogens (primary N) is 1. The highest BCUT2D eigenvalue weighted by atomic mass is 32.2. The Labute approximate surface area is 80.3 Å². The van der Waals surface area contributed by atoms with Crippen LogP contribution in [0.25, 0.3) is 0 Å². The minimum Gasteiger partial charge on any atom is -0.330 e. The molecule has 1 aromatic carbocycles. The summed E-state index contributed by atoms with van der Waals surface area (Å²) in [6, 6.07) is 3.49. The summed E-state index contributed by atoms with van der Waals surface area (Å²) in [6.45, 7) is 0.557. The summed E-state index contributed by atoms with van der Waals surface area (Å²) in [4.78, 5) is 0. The zero-order chi connectivity index (χ0) is 9.68. The molecule has 0 saturated heterocycles. The van der Waals surface area contributed by atoms with Gasteiger partial charge in [0.1, 0.15) is 11.6 Å². The Bertz CT molecular complexity index is 278. The molecule has 0 aliphatic heterocycles. The molecule has 0 atom stereocenters. The van der Waals surface area contributed by atoms with Gasteiger partial charge < -0.3 is 5.73 Å². The van der Waals surface area contributed by atoms with Gasteiger partial charge in [-0.1, -0.05) is 0 Å². The van der Waals surface area contributed by atoms with E-state index < -0.39 is 5.82 Å². The molecule has 0 heterocycles. The van der Waals surface area contributed by atoms with Crippen LogP contribution in [-0.4, -0.2) is 12.3 Å². The highest BCUT2D eigenvalue weighted by molar-refractivity contribution is 7.98. The third kappa shape index (κ3) is 3.32. The van der Waals surface area contributed by atoms with Gasteiger partial charge in [-0.05, 0) is 18.2 Å². The van der Waals surface area contributed by atoms with E-state index in [2.05, 4.69) is 0 Å². The van der Waals surface area contributed by atoms with Crippen LogP contribution in [0.4, 0.5) is 8.78 Å². The van der Waals surface area contributed by atoms with E-state index in [1.807, 2.05) is 0 Å². The third-order valence-corrected chi connectivity index (χ3v) is 2.57. The molecule has 13 heavy (non-hydrogen) atoms. The van der Waals surface area contributed by atoms with Gasteiger partial charge in [-0.2, -0.15) is 11.8 Å². The van der Waals surface area contributed by atoms with Gasteiger partial charge >= 0.3 is 0 Å². The van der Waals surface area contributed by atoms with Crippen LogP contribution in [-0.2, 0) is 5.75 Å². The van der Waals surface area contributed by atoms with E-state index in [0.29, 0.717) is 17.9 Å². The average molecular weight is 203 g/mol. The van der Waals surface area contributed by atoms with Crippen molar-refractivity contribution >= 4 is 11.8 Å². The first-order valence-electron chi connectivity index (χ1n) is 3.96. The van der Waals surface area contributed by atoms with Gasteiger partial charge in [0, 0.05) is 23.6 Å². The van der Waals surface area contributed by atoms with Crippen molar-refractivity contribution in [3.8, 4) is 0 Å². The van der Waals surface area contributed by atoms with Gasteiger partial charge in [0.25, 0.3) is 0 Å². The Morgan fingerprint density at radius 1 is 1.31 bits per heavy atom. The molecular formula is C9H11F2NS. The Balaban J connectivity index is 2.59. The van der Waals surface area contributed by atoms with Gasteiger partial charge in [0.2, 0.25) is 0 Å². The Morgan fingerprint density at radius 3 is 2.77 bits per heavy atom. The molecule has 0 unspecified atom stereocenters. The van der Waals surface area contributed by atoms with E-state index in [4.69, 9.17) is 5.73 Å². The van der Waals surface area contributed by atoms with Crippen molar-refractivity contribution in [1.29, 1.82) is 0 Å². The van der Waals surface area contributed by atoms with Crippen LogP contribution in [0.5, 0.6) is 0 Å². The van der Waals surface area contributed by atoms with E-state index in [-0.39, 0.29) is 5.82 Å². The highest BCUT2D eigenvalue weighted by Crippen LogP contribution is 2.16. The minimum atomic E-state index is -0.398. The predicted molar refractivity (Wildman–Crippen MR) is 51.6 cm³/mol. The van der Waals surface area contributed by atoms with E-state index in [1.54, 1.807) is 0 Å². The third-order valence-electron chi connectivity index (χ3n) is 1.53. The van der Waals surface area contributed by atoms with E-state index in [1.165, 1.54) is 17.8 Å². The zero-order valence-electron chi connectivity index (χ0n) is 7.09. The molecule has 0 fully saturated rings.